The lowest BCUT2D eigenvalue weighted by molar-refractivity contribution is 0.0746. The molecule has 3 heterocycles. The summed E-state index contributed by atoms with van der Waals surface area (Å²) < 4.78 is 0. The van der Waals surface area contributed by atoms with Crippen molar-refractivity contribution in [3.05, 3.63) is 96.7 Å². The summed E-state index contributed by atoms with van der Waals surface area (Å²) in [6.45, 7) is 2.73. The van der Waals surface area contributed by atoms with Gasteiger partial charge in [0.15, 0.2) is 11.6 Å². The number of aromatic nitrogens is 3. The second kappa shape index (κ2) is 9.48. The van der Waals surface area contributed by atoms with E-state index in [0.29, 0.717) is 24.5 Å². The van der Waals surface area contributed by atoms with Crippen LogP contribution in [0.3, 0.4) is 0 Å². The average Bonchev–Trinajstić information content (AvgIpc) is 2.90. The van der Waals surface area contributed by atoms with Crippen LogP contribution in [0.25, 0.3) is 11.1 Å². The Hall–Kier alpha value is -4.26. The monoisotopic (exact) mass is 436 g/mol. The number of carbonyl (C=O) groups excluding carboxylic acids is 1. The van der Waals surface area contributed by atoms with E-state index in [-0.39, 0.29) is 5.91 Å². The minimum Gasteiger partial charge on any atom is -0.352 e. The molecule has 1 amide bonds. The highest BCUT2D eigenvalue weighted by molar-refractivity contribution is 5.95. The highest BCUT2D eigenvalue weighted by atomic mass is 16.2. The summed E-state index contributed by atoms with van der Waals surface area (Å²) >= 11 is 0. The Morgan fingerprint density at radius 1 is 0.697 bits per heavy atom. The van der Waals surface area contributed by atoms with Crippen molar-refractivity contribution in [2.75, 3.05) is 36.4 Å². The Bertz CT molecular complexity index is 1190. The van der Waals surface area contributed by atoms with Gasteiger partial charge in [-0.2, -0.15) is 0 Å². The number of rotatable bonds is 5. The predicted octanol–water partition coefficient (Wildman–Crippen LogP) is 4.24. The normalized spacial score (nSPS) is 13.6. The number of carbonyl (C=O) groups is 1. The molecule has 0 radical (unpaired) electrons. The van der Waals surface area contributed by atoms with Gasteiger partial charge in [-0.25, -0.2) is 4.98 Å². The fraction of sp³-hybridized carbons (Fsp3) is 0.154. The first-order valence-corrected chi connectivity index (χ1v) is 11.0. The number of pyridine rings is 1. The van der Waals surface area contributed by atoms with Crippen molar-refractivity contribution in [1.29, 1.82) is 0 Å². The highest BCUT2D eigenvalue weighted by Gasteiger charge is 2.23. The fourth-order valence-corrected chi connectivity index (χ4v) is 3.89. The SMILES string of the molecule is O=C(c1ccc(-c2ccccc2)cc1)N1CCN(c2ccc(Nc3ccccn3)nn2)CC1. The summed E-state index contributed by atoms with van der Waals surface area (Å²) in [4.78, 5) is 21.3. The fourth-order valence-electron chi connectivity index (χ4n) is 3.89. The largest absolute Gasteiger partial charge is 0.352 e. The molecule has 1 N–H and O–H groups in total. The summed E-state index contributed by atoms with van der Waals surface area (Å²) in [5, 5.41) is 11.7. The van der Waals surface area contributed by atoms with E-state index in [0.717, 1.165) is 35.9 Å². The molecule has 0 saturated carbocycles. The van der Waals surface area contributed by atoms with Crippen molar-refractivity contribution in [3.8, 4) is 11.1 Å². The molecule has 0 spiro atoms. The zero-order chi connectivity index (χ0) is 22.5. The lowest BCUT2D eigenvalue weighted by Gasteiger charge is -2.35. The van der Waals surface area contributed by atoms with Gasteiger partial charge in [-0.15, -0.1) is 10.2 Å². The van der Waals surface area contributed by atoms with Crippen LogP contribution in [0.1, 0.15) is 10.4 Å². The maximum Gasteiger partial charge on any atom is 0.253 e. The third-order valence-electron chi connectivity index (χ3n) is 5.70. The van der Waals surface area contributed by atoms with Gasteiger partial charge in [-0.1, -0.05) is 48.5 Å². The number of amides is 1. The number of nitrogens with zero attached hydrogens (tertiary/aromatic N) is 5. The zero-order valence-corrected chi connectivity index (χ0v) is 18.1. The van der Waals surface area contributed by atoms with Gasteiger partial charge in [0.25, 0.3) is 5.91 Å². The first-order valence-electron chi connectivity index (χ1n) is 11.0. The number of anilines is 3. The summed E-state index contributed by atoms with van der Waals surface area (Å²) in [5.74, 6) is 2.24. The summed E-state index contributed by atoms with van der Waals surface area (Å²) in [6.07, 6.45) is 1.72. The lowest BCUT2D eigenvalue weighted by atomic mass is 10.0. The number of hydrogen-bond acceptors (Lipinski definition) is 6. The Morgan fingerprint density at radius 2 is 1.42 bits per heavy atom. The molecule has 0 atom stereocenters. The molecular formula is C26H24N6O. The maximum absolute atomic E-state index is 13.0. The molecule has 1 fully saturated rings. The maximum atomic E-state index is 13.0. The van der Waals surface area contributed by atoms with Crippen molar-refractivity contribution in [2.45, 2.75) is 0 Å². The number of nitrogens with one attached hydrogen (secondary N) is 1. The molecular weight excluding hydrogens is 412 g/mol. The van der Waals surface area contributed by atoms with Crippen molar-refractivity contribution in [3.63, 3.8) is 0 Å². The predicted molar refractivity (Wildman–Crippen MR) is 130 cm³/mol. The highest BCUT2D eigenvalue weighted by Crippen LogP contribution is 2.21. The van der Waals surface area contributed by atoms with Crippen LogP contribution in [-0.2, 0) is 0 Å². The number of hydrogen-bond donors (Lipinski definition) is 1. The van der Waals surface area contributed by atoms with E-state index in [2.05, 4.69) is 37.5 Å². The van der Waals surface area contributed by atoms with Gasteiger partial charge in [-0.3, -0.25) is 4.79 Å². The molecule has 0 bridgehead atoms. The van der Waals surface area contributed by atoms with Crippen LogP contribution in [0, 0.1) is 0 Å². The minimum atomic E-state index is 0.0651. The van der Waals surface area contributed by atoms with Gasteiger partial charge in [0.2, 0.25) is 0 Å². The second-order valence-corrected chi connectivity index (χ2v) is 7.84. The van der Waals surface area contributed by atoms with Crippen molar-refractivity contribution < 1.29 is 4.79 Å². The first kappa shape index (κ1) is 20.6. The van der Waals surface area contributed by atoms with Crippen LogP contribution >= 0.6 is 0 Å². The molecule has 1 saturated heterocycles. The molecule has 164 valence electrons. The Labute approximate surface area is 192 Å². The summed E-state index contributed by atoms with van der Waals surface area (Å²) in [6, 6.07) is 27.5. The standard InChI is InChI=1S/C26H24N6O/c33-26(22-11-9-21(10-12-22)20-6-2-1-3-7-20)32-18-16-31(17-19-32)25-14-13-24(29-30-25)28-23-8-4-5-15-27-23/h1-15H,16-19H2,(H,27,28,29). The average molecular weight is 437 g/mol. The number of piperazine rings is 1. The molecule has 1 aliphatic heterocycles. The third kappa shape index (κ3) is 4.82. The van der Waals surface area contributed by atoms with Crippen LogP contribution in [0.2, 0.25) is 0 Å². The van der Waals surface area contributed by atoms with E-state index in [1.807, 2.05) is 77.7 Å². The van der Waals surface area contributed by atoms with Gasteiger partial charge in [-0.05, 0) is 47.5 Å². The minimum absolute atomic E-state index is 0.0651. The van der Waals surface area contributed by atoms with Gasteiger partial charge in [0.05, 0.1) is 0 Å². The molecule has 0 aliphatic carbocycles. The molecule has 7 nitrogen and oxygen atoms in total. The third-order valence-corrected chi connectivity index (χ3v) is 5.70. The van der Waals surface area contributed by atoms with Gasteiger partial charge in [0, 0.05) is 37.9 Å². The summed E-state index contributed by atoms with van der Waals surface area (Å²) in [5.41, 5.74) is 2.97. The summed E-state index contributed by atoms with van der Waals surface area (Å²) in [7, 11) is 0. The molecule has 5 rings (SSSR count). The quantitative estimate of drug-likeness (QED) is 0.504. The van der Waals surface area contributed by atoms with E-state index in [1.165, 1.54) is 0 Å². The smallest absolute Gasteiger partial charge is 0.253 e. The van der Waals surface area contributed by atoms with Crippen LogP contribution < -0.4 is 10.2 Å². The van der Waals surface area contributed by atoms with Crippen LogP contribution in [0.4, 0.5) is 17.5 Å². The van der Waals surface area contributed by atoms with Gasteiger partial charge < -0.3 is 15.1 Å². The van der Waals surface area contributed by atoms with E-state index >= 15 is 0 Å². The first-order chi connectivity index (χ1) is 16.3. The van der Waals surface area contributed by atoms with E-state index in [4.69, 9.17) is 0 Å². The van der Waals surface area contributed by atoms with Crippen LogP contribution in [0.5, 0.6) is 0 Å². The topological polar surface area (TPSA) is 74.2 Å². The molecule has 1 aliphatic rings. The van der Waals surface area contributed by atoms with Crippen LogP contribution in [0.15, 0.2) is 91.1 Å². The van der Waals surface area contributed by atoms with Crippen molar-refractivity contribution >= 4 is 23.4 Å². The molecule has 4 aromatic rings. The Balaban J connectivity index is 1.17. The van der Waals surface area contributed by atoms with Crippen LogP contribution in [-0.4, -0.2) is 52.2 Å². The van der Waals surface area contributed by atoms with Crippen molar-refractivity contribution in [1.82, 2.24) is 20.1 Å². The van der Waals surface area contributed by atoms with Gasteiger partial charge >= 0.3 is 0 Å². The van der Waals surface area contributed by atoms with Crippen molar-refractivity contribution in [2.24, 2.45) is 0 Å². The Morgan fingerprint density at radius 3 is 2.09 bits per heavy atom. The molecule has 7 heteroatoms. The Kier molecular flexibility index (Phi) is 5.93. The molecule has 2 aromatic carbocycles. The van der Waals surface area contributed by atoms with E-state index in [9.17, 15) is 4.79 Å². The molecule has 0 unspecified atom stereocenters. The van der Waals surface area contributed by atoms with E-state index in [1.54, 1.807) is 6.20 Å². The van der Waals surface area contributed by atoms with E-state index < -0.39 is 0 Å². The zero-order valence-electron chi connectivity index (χ0n) is 18.1. The van der Waals surface area contributed by atoms with Gasteiger partial charge in [0.1, 0.15) is 5.82 Å². The molecule has 2 aromatic heterocycles. The second-order valence-electron chi connectivity index (χ2n) is 7.84. The molecule has 33 heavy (non-hydrogen) atoms. The lowest BCUT2D eigenvalue weighted by Crippen LogP contribution is -2.49. The number of benzene rings is 2.